The van der Waals surface area contributed by atoms with E-state index >= 15 is 0 Å². The Labute approximate surface area is 154 Å². The summed E-state index contributed by atoms with van der Waals surface area (Å²) in [5, 5.41) is 15.7. The van der Waals surface area contributed by atoms with Gasteiger partial charge in [0.25, 0.3) is 0 Å². The van der Waals surface area contributed by atoms with Crippen LogP contribution in [0.5, 0.6) is 0 Å². The molecule has 0 unspecified atom stereocenters. The molecule has 0 bridgehead atoms. The highest BCUT2D eigenvalue weighted by Gasteiger charge is 2.18. The van der Waals surface area contributed by atoms with E-state index in [1.54, 1.807) is 0 Å². The Morgan fingerprint density at radius 3 is 2.42 bits per heavy atom. The highest BCUT2D eigenvalue weighted by molar-refractivity contribution is 5.86. The van der Waals surface area contributed by atoms with E-state index < -0.39 is 6.10 Å². The van der Waals surface area contributed by atoms with Gasteiger partial charge in [-0.15, -0.1) is 0 Å². The van der Waals surface area contributed by atoms with Crippen LogP contribution in [0.4, 0.5) is 0 Å². The Morgan fingerprint density at radius 2 is 1.65 bits per heavy atom. The van der Waals surface area contributed by atoms with Crippen molar-refractivity contribution in [3.05, 3.63) is 83.9 Å². The minimum absolute atomic E-state index is 0.0174. The van der Waals surface area contributed by atoms with Gasteiger partial charge >= 0.3 is 0 Å². The zero-order valence-electron chi connectivity index (χ0n) is 15.1. The minimum Gasteiger partial charge on any atom is -0.388 e. The fourth-order valence-electron chi connectivity index (χ4n) is 3.41. The van der Waals surface area contributed by atoms with Crippen molar-refractivity contribution in [3.63, 3.8) is 0 Å². The average molecular weight is 347 g/mol. The number of carbonyl (C=O) groups excluding carboxylic acids is 1. The van der Waals surface area contributed by atoms with E-state index in [0.717, 1.165) is 28.3 Å². The van der Waals surface area contributed by atoms with Crippen LogP contribution in [0.15, 0.2) is 72.8 Å². The normalized spacial score (nSPS) is 13.3. The molecule has 3 rings (SSSR count). The molecule has 0 heterocycles. The molecule has 0 saturated carbocycles. The van der Waals surface area contributed by atoms with Crippen molar-refractivity contribution in [1.29, 1.82) is 0 Å². The molecule has 3 nitrogen and oxygen atoms in total. The van der Waals surface area contributed by atoms with Gasteiger partial charge in [-0.2, -0.15) is 0 Å². The lowest BCUT2D eigenvalue weighted by molar-refractivity contribution is -0.122. The van der Waals surface area contributed by atoms with Gasteiger partial charge in [-0.3, -0.25) is 4.79 Å². The summed E-state index contributed by atoms with van der Waals surface area (Å²) >= 11 is 0. The molecule has 0 saturated heterocycles. The summed E-state index contributed by atoms with van der Waals surface area (Å²) in [5.41, 5.74) is 1.94. The lowest BCUT2D eigenvalue weighted by Gasteiger charge is -2.17. The van der Waals surface area contributed by atoms with Gasteiger partial charge in [-0.05, 0) is 34.7 Å². The molecule has 0 aliphatic heterocycles. The Hall–Kier alpha value is -2.65. The van der Waals surface area contributed by atoms with Crippen molar-refractivity contribution in [2.24, 2.45) is 0 Å². The summed E-state index contributed by atoms with van der Waals surface area (Å²) in [5.74, 6) is -0.130. The van der Waals surface area contributed by atoms with Crippen LogP contribution in [-0.4, -0.2) is 17.6 Å². The molecule has 2 atom stereocenters. The van der Waals surface area contributed by atoms with E-state index in [1.165, 1.54) is 0 Å². The molecule has 3 aromatic carbocycles. The number of carbonyl (C=O) groups is 1. The lowest BCUT2D eigenvalue weighted by Crippen LogP contribution is -2.30. The molecule has 26 heavy (non-hydrogen) atoms. The summed E-state index contributed by atoms with van der Waals surface area (Å²) in [6, 6.07) is 23.8. The maximum Gasteiger partial charge on any atom is 0.227 e. The highest BCUT2D eigenvalue weighted by Crippen LogP contribution is 2.26. The Bertz CT molecular complexity index is 855. The summed E-state index contributed by atoms with van der Waals surface area (Å²) in [7, 11) is 0. The second-order valence-electron chi connectivity index (χ2n) is 6.54. The third kappa shape index (κ3) is 4.12. The van der Waals surface area contributed by atoms with Crippen molar-refractivity contribution in [2.75, 3.05) is 6.54 Å². The van der Waals surface area contributed by atoms with Gasteiger partial charge in [0.1, 0.15) is 0 Å². The maximum atomic E-state index is 12.5. The van der Waals surface area contributed by atoms with E-state index in [9.17, 15) is 9.90 Å². The predicted molar refractivity (Wildman–Crippen MR) is 106 cm³/mol. The van der Waals surface area contributed by atoms with Crippen molar-refractivity contribution < 1.29 is 9.90 Å². The smallest absolute Gasteiger partial charge is 0.227 e. The van der Waals surface area contributed by atoms with Crippen molar-refractivity contribution in [1.82, 2.24) is 5.32 Å². The van der Waals surface area contributed by atoms with Crippen LogP contribution in [0.1, 0.15) is 42.9 Å². The standard InChI is InChI=1S/C23H25NO2/c1-2-19(17-9-4-3-5-10-17)23(26)24-16-15-22(25)21-14-8-12-18-11-6-7-13-20(18)21/h3-14,19,22,25H,2,15-16H2,1H3,(H,24,26)/t19-,22+/m0/s1. The Morgan fingerprint density at radius 1 is 0.962 bits per heavy atom. The number of aliphatic hydroxyl groups excluding tert-OH is 1. The molecule has 2 N–H and O–H groups in total. The van der Waals surface area contributed by atoms with Gasteiger partial charge in [0.2, 0.25) is 5.91 Å². The highest BCUT2D eigenvalue weighted by atomic mass is 16.3. The van der Waals surface area contributed by atoms with Gasteiger partial charge < -0.3 is 10.4 Å². The molecule has 0 aromatic heterocycles. The number of benzene rings is 3. The number of fused-ring (bicyclic) bond motifs is 1. The third-order valence-electron chi connectivity index (χ3n) is 4.83. The number of rotatable bonds is 7. The van der Waals surface area contributed by atoms with Gasteiger partial charge in [0.05, 0.1) is 12.0 Å². The molecule has 0 radical (unpaired) electrons. The zero-order chi connectivity index (χ0) is 18.4. The van der Waals surface area contributed by atoms with Crippen molar-refractivity contribution in [3.8, 4) is 0 Å². The first kappa shape index (κ1) is 18.2. The largest absolute Gasteiger partial charge is 0.388 e. The fraction of sp³-hybridized carbons (Fsp3) is 0.261. The maximum absolute atomic E-state index is 12.5. The monoisotopic (exact) mass is 347 g/mol. The molecule has 0 aliphatic carbocycles. The molecule has 1 amide bonds. The van der Waals surface area contributed by atoms with Crippen LogP contribution < -0.4 is 5.32 Å². The number of hydrogen-bond donors (Lipinski definition) is 2. The molecular weight excluding hydrogens is 322 g/mol. The second-order valence-corrected chi connectivity index (χ2v) is 6.54. The van der Waals surface area contributed by atoms with E-state index in [0.29, 0.717) is 13.0 Å². The van der Waals surface area contributed by atoms with Crippen LogP contribution in [0, 0.1) is 0 Å². The van der Waals surface area contributed by atoms with Crippen molar-refractivity contribution >= 4 is 16.7 Å². The lowest BCUT2D eigenvalue weighted by atomic mass is 9.95. The Kier molecular flexibility index (Phi) is 6.03. The minimum atomic E-state index is -0.599. The molecule has 0 aliphatic rings. The molecular formula is C23H25NO2. The Balaban J connectivity index is 1.61. The van der Waals surface area contributed by atoms with E-state index in [4.69, 9.17) is 0 Å². The summed E-state index contributed by atoms with van der Waals surface area (Å²) in [6.07, 6.45) is 0.644. The van der Waals surface area contributed by atoms with Gasteiger partial charge in [0.15, 0.2) is 0 Å². The fourth-order valence-corrected chi connectivity index (χ4v) is 3.41. The van der Waals surface area contributed by atoms with E-state index in [-0.39, 0.29) is 11.8 Å². The van der Waals surface area contributed by atoms with Crippen LogP contribution in [0.2, 0.25) is 0 Å². The van der Waals surface area contributed by atoms with Gasteiger partial charge in [-0.25, -0.2) is 0 Å². The number of nitrogens with one attached hydrogen (secondary N) is 1. The topological polar surface area (TPSA) is 49.3 Å². The summed E-state index contributed by atoms with van der Waals surface area (Å²) in [4.78, 5) is 12.5. The third-order valence-corrected chi connectivity index (χ3v) is 4.83. The van der Waals surface area contributed by atoms with E-state index in [1.807, 2.05) is 79.7 Å². The van der Waals surface area contributed by atoms with Crippen LogP contribution in [-0.2, 0) is 4.79 Å². The van der Waals surface area contributed by atoms with Crippen LogP contribution >= 0.6 is 0 Å². The quantitative estimate of drug-likeness (QED) is 0.657. The first-order chi connectivity index (χ1) is 12.7. The van der Waals surface area contributed by atoms with Gasteiger partial charge in [-0.1, -0.05) is 79.7 Å². The predicted octanol–water partition coefficient (Wildman–Crippen LogP) is 4.57. The SMILES string of the molecule is CC[C@H](C(=O)NCC[C@@H](O)c1cccc2ccccc12)c1ccccc1. The molecule has 134 valence electrons. The first-order valence-electron chi connectivity index (χ1n) is 9.19. The molecule has 3 heteroatoms. The average Bonchev–Trinajstić information content (AvgIpc) is 2.69. The second kappa shape index (κ2) is 8.63. The van der Waals surface area contributed by atoms with E-state index in [2.05, 4.69) is 5.32 Å². The van der Waals surface area contributed by atoms with Crippen molar-refractivity contribution in [2.45, 2.75) is 31.8 Å². The van der Waals surface area contributed by atoms with Crippen LogP contribution in [0.3, 0.4) is 0 Å². The summed E-state index contributed by atoms with van der Waals surface area (Å²) in [6.45, 7) is 2.47. The number of aliphatic hydroxyl groups is 1. The van der Waals surface area contributed by atoms with Crippen LogP contribution in [0.25, 0.3) is 10.8 Å². The number of hydrogen-bond acceptors (Lipinski definition) is 2. The molecule has 3 aromatic rings. The zero-order valence-corrected chi connectivity index (χ0v) is 15.1. The first-order valence-corrected chi connectivity index (χ1v) is 9.19. The molecule has 0 fully saturated rings. The number of amides is 1. The molecule has 0 spiro atoms. The summed E-state index contributed by atoms with van der Waals surface area (Å²) < 4.78 is 0. The van der Waals surface area contributed by atoms with Gasteiger partial charge in [0, 0.05) is 6.54 Å².